The van der Waals surface area contributed by atoms with Crippen molar-refractivity contribution < 1.29 is 23.9 Å². The molecule has 0 aromatic heterocycles. The first-order valence-electron chi connectivity index (χ1n) is 9.02. The molecule has 0 spiro atoms. The molecule has 1 aromatic carbocycles. The number of amides is 3. The first kappa shape index (κ1) is 19.5. The maximum absolute atomic E-state index is 12.5. The predicted octanol–water partition coefficient (Wildman–Crippen LogP) is 2.86. The van der Waals surface area contributed by atoms with Crippen LogP contribution in [-0.4, -0.2) is 43.4 Å². The monoisotopic (exact) mass is 394 g/mol. The number of carbonyl (C=O) groups is 3. The zero-order valence-electron chi connectivity index (χ0n) is 15.4. The van der Waals surface area contributed by atoms with Crippen LogP contribution in [0, 0.1) is 11.8 Å². The van der Waals surface area contributed by atoms with Crippen LogP contribution in [0.3, 0.4) is 0 Å². The number of nitrogens with zero attached hydrogens (tertiary/aromatic N) is 1. The van der Waals surface area contributed by atoms with Crippen molar-refractivity contribution in [3.63, 3.8) is 0 Å². The Kier molecular flexibility index (Phi) is 5.89. The molecule has 146 valence electrons. The maximum atomic E-state index is 12.5. The molecule has 2 aliphatic rings. The van der Waals surface area contributed by atoms with Gasteiger partial charge in [0.15, 0.2) is 0 Å². The zero-order valence-corrected chi connectivity index (χ0v) is 16.2. The first-order valence-corrected chi connectivity index (χ1v) is 9.40. The van der Waals surface area contributed by atoms with E-state index in [-0.39, 0.29) is 42.5 Å². The van der Waals surface area contributed by atoms with Gasteiger partial charge in [0.25, 0.3) is 0 Å². The Balaban J connectivity index is 1.63. The molecule has 27 heavy (non-hydrogen) atoms. The van der Waals surface area contributed by atoms with E-state index in [1.165, 1.54) is 19.1 Å². The van der Waals surface area contributed by atoms with E-state index in [1.807, 2.05) is 0 Å². The van der Waals surface area contributed by atoms with Gasteiger partial charge in [-0.2, -0.15) is 0 Å². The Bertz CT molecular complexity index is 743. The van der Waals surface area contributed by atoms with Gasteiger partial charge in [0.2, 0.25) is 17.7 Å². The average Bonchev–Trinajstić information content (AvgIpc) is 2.92. The largest absolute Gasteiger partial charge is 0.495 e. The van der Waals surface area contributed by atoms with Gasteiger partial charge in [-0.3, -0.25) is 19.3 Å². The van der Waals surface area contributed by atoms with Crippen LogP contribution >= 0.6 is 11.6 Å². The number of fused-ring (bicyclic) bond motifs is 1. The van der Waals surface area contributed by atoms with Crippen molar-refractivity contribution in [1.29, 1.82) is 0 Å². The number of nitrogens with one attached hydrogen (secondary N) is 1. The van der Waals surface area contributed by atoms with Gasteiger partial charge in [0, 0.05) is 25.1 Å². The molecule has 3 amide bonds. The summed E-state index contributed by atoms with van der Waals surface area (Å²) in [6.07, 6.45) is 3.50. The lowest BCUT2D eigenvalue weighted by Gasteiger charge is -2.19. The fourth-order valence-electron chi connectivity index (χ4n) is 3.84. The molecule has 1 N–H and O–H groups in total. The first-order chi connectivity index (χ1) is 13.0. The molecule has 1 aliphatic heterocycles. The van der Waals surface area contributed by atoms with Crippen LogP contribution in [0.5, 0.6) is 11.5 Å². The van der Waals surface area contributed by atoms with Crippen LogP contribution in [0.15, 0.2) is 12.1 Å². The molecule has 2 fully saturated rings. The van der Waals surface area contributed by atoms with Gasteiger partial charge in [0.05, 0.1) is 36.8 Å². The number of hydrogen-bond donors (Lipinski definition) is 1. The van der Waals surface area contributed by atoms with Crippen LogP contribution < -0.4 is 14.8 Å². The van der Waals surface area contributed by atoms with Gasteiger partial charge in [-0.1, -0.05) is 24.4 Å². The number of rotatable bonds is 6. The molecule has 1 aromatic rings. The fourth-order valence-corrected chi connectivity index (χ4v) is 4.07. The summed E-state index contributed by atoms with van der Waals surface area (Å²) in [5, 5.41) is 3.09. The van der Waals surface area contributed by atoms with E-state index < -0.39 is 0 Å². The van der Waals surface area contributed by atoms with Crippen molar-refractivity contribution >= 4 is 35.0 Å². The van der Waals surface area contributed by atoms with Crippen LogP contribution in [0.2, 0.25) is 5.02 Å². The summed E-state index contributed by atoms with van der Waals surface area (Å²) in [6.45, 7) is 0.0868. The third kappa shape index (κ3) is 3.88. The number of hydrogen-bond acceptors (Lipinski definition) is 5. The lowest BCUT2D eigenvalue weighted by Crippen LogP contribution is -2.34. The van der Waals surface area contributed by atoms with Gasteiger partial charge in [-0.05, 0) is 12.8 Å². The van der Waals surface area contributed by atoms with Gasteiger partial charge in [0.1, 0.15) is 11.5 Å². The quantitative estimate of drug-likeness (QED) is 0.750. The van der Waals surface area contributed by atoms with Crippen molar-refractivity contribution in [1.82, 2.24) is 4.90 Å². The number of methoxy groups -OCH3 is 2. The Hall–Kier alpha value is -2.28. The third-order valence-electron chi connectivity index (χ3n) is 5.24. The molecule has 8 heteroatoms. The molecule has 0 bridgehead atoms. The second-order valence-electron chi connectivity index (χ2n) is 6.81. The second-order valence-corrected chi connectivity index (χ2v) is 7.22. The molecule has 0 radical (unpaired) electrons. The summed E-state index contributed by atoms with van der Waals surface area (Å²) in [4.78, 5) is 38.5. The summed E-state index contributed by atoms with van der Waals surface area (Å²) >= 11 is 6.06. The SMILES string of the molecule is COc1cc(NC(=O)CCN2C(=O)[C@H]3CCCC[C@H]3C2=O)c(OC)cc1Cl. The minimum Gasteiger partial charge on any atom is -0.495 e. The highest BCUT2D eigenvalue weighted by Crippen LogP contribution is 2.38. The zero-order chi connectivity index (χ0) is 19.6. The molecule has 1 aliphatic carbocycles. The molecular weight excluding hydrogens is 372 g/mol. The molecule has 3 rings (SSSR count). The molecule has 0 unspecified atom stereocenters. The molecular formula is C19H23ClN2O5. The van der Waals surface area contributed by atoms with E-state index in [9.17, 15) is 14.4 Å². The molecule has 1 saturated carbocycles. The number of imide groups is 1. The number of likely N-dealkylation sites (tertiary alicyclic amines) is 1. The number of halogens is 1. The predicted molar refractivity (Wildman–Crippen MR) is 100.0 cm³/mol. The van der Waals surface area contributed by atoms with Crippen molar-refractivity contribution in [2.45, 2.75) is 32.1 Å². The van der Waals surface area contributed by atoms with Crippen LogP contribution in [0.4, 0.5) is 5.69 Å². The highest BCUT2D eigenvalue weighted by molar-refractivity contribution is 6.32. The van der Waals surface area contributed by atoms with Crippen LogP contribution in [-0.2, 0) is 14.4 Å². The second kappa shape index (κ2) is 8.17. The van der Waals surface area contributed by atoms with Gasteiger partial charge < -0.3 is 14.8 Å². The minimum absolute atomic E-state index is 0.0189. The Morgan fingerprint density at radius 3 is 2.26 bits per heavy atom. The van der Waals surface area contributed by atoms with E-state index in [1.54, 1.807) is 12.1 Å². The Labute approximate surface area is 162 Å². The lowest BCUT2D eigenvalue weighted by molar-refractivity contribution is -0.140. The molecule has 1 saturated heterocycles. The smallest absolute Gasteiger partial charge is 0.233 e. The standard InChI is InChI=1S/C19H23ClN2O5/c1-26-15-10-14(16(27-2)9-13(15)20)21-17(23)7-8-22-18(24)11-5-3-4-6-12(11)19(22)25/h9-12H,3-8H2,1-2H3,(H,21,23)/t11-,12+. The van der Waals surface area contributed by atoms with E-state index in [4.69, 9.17) is 21.1 Å². The highest BCUT2D eigenvalue weighted by Gasteiger charge is 2.47. The van der Waals surface area contributed by atoms with Crippen molar-refractivity contribution in [3.05, 3.63) is 17.2 Å². The topological polar surface area (TPSA) is 84.9 Å². The maximum Gasteiger partial charge on any atom is 0.233 e. The summed E-state index contributed by atoms with van der Waals surface area (Å²) in [6, 6.07) is 3.12. The van der Waals surface area contributed by atoms with Crippen molar-refractivity contribution in [2.24, 2.45) is 11.8 Å². The number of benzene rings is 1. The normalized spacial score (nSPS) is 21.8. The fraction of sp³-hybridized carbons (Fsp3) is 0.526. The van der Waals surface area contributed by atoms with E-state index >= 15 is 0 Å². The average molecular weight is 395 g/mol. The van der Waals surface area contributed by atoms with E-state index in [2.05, 4.69) is 5.32 Å². The van der Waals surface area contributed by atoms with Crippen molar-refractivity contribution in [3.8, 4) is 11.5 Å². The van der Waals surface area contributed by atoms with E-state index in [0.29, 0.717) is 22.2 Å². The number of carbonyl (C=O) groups excluding carboxylic acids is 3. The minimum atomic E-state index is -0.326. The molecule has 1 heterocycles. The summed E-state index contributed by atoms with van der Waals surface area (Å²) in [5.74, 6) is -0.195. The summed E-state index contributed by atoms with van der Waals surface area (Å²) in [7, 11) is 2.94. The van der Waals surface area contributed by atoms with Gasteiger partial charge in [-0.25, -0.2) is 0 Å². The Morgan fingerprint density at radius 2 is 1.70 bits per heavy atom. The Morgan fingerprint density at radius 1 is 1.11 bits per heavy atom. The van der Waals surface area contributed by atoms with Gasteiger partial charge in [-0.15, -0.1) is 0 Å². The summed E-state index contributed by atoms with van der Waals surface area (Å²) < 4.78 is 10.4. The van der Waals surface area contributed by atoms with Gasteiger partial charge >= 0.3 is 0 Å². The summed E-state index contributed by atoms with van der Waals surface area (Å²) in [5.41, 5.74) is 0.413. The third-order valence-corrected chi connectivity index (χ3v) is 5.54. The van der Waals surface area contributed by atoms with Crippen molar-refractivity contribution in [2.75, 3.05) is 26.1 Å². The highest BCUT2D eigenvalue weighted by atomic mass is 35.5. The molecule has 2 atom stereocenters. The lowest BCUT2D eigenvalue weighted by atomic mass is 9.81. The molecule has 7 nitrogen and oxygen atoms in total. The number of anilines is 1. The van der Waals surface area contributed by atoms with Crippen LogP contribution in [0.1, 0.15) is 32.1 Å². The van der Waals surface area contributed by atoms with E-state index in [0.717, 1.165) is 25.7 Å². The van der Waals surface area contributed by atoms with Crippen LogP contribution in [0.25, 0.3) is 0 Å². The number of ether oxygens (including phenoxy) is 2.